The average Bonchev–Trinajstić information content (AvgIpc) is 2.79. The highest BCUT2D eigenvalue weighted by Gasteiger charge is 2.43. The molecule has 1 amide bonds. The van der Waals surface area contributed by atoms with E-state index in [1.54, 1.807) is 12.1 Å². The van der Waals surface area contributed by atoms with Gasteiger partial charge in [-0.2, -0.15) is 0 Å². The third-order valence-electron chi connectivity index (χ3n) is 4.85. The molecule has 2 aromatic rings. The monoisotopic (exact) mass is 481 g/mol. The Morgan fingerprint density at radius 2 is 1.79 bits per heavy atom. The van der Waals surface area contributed by atoms with E-state index in [0.29, 0.717) is 44.1 Å². The van der Waals surface area contributed by atoms with Crippen LogP contribution in [-0.2, 0) is 14.2 Å². The Kier molecular flexibility index (Phi) is 9.16. The van der Waals surface area contributed by atoms with Gasteiger partial charge in [-0.15, -0.1) is 0 Å². The first-order valence-corrected chi connectivity index (χ1v) is 10.6. The van der Waals surface area contributed by atoms with E-state index in [0.717, 1.165) is 0 Å². The van der Waals surface area contributed by atoms with E-state index in [1.165, 1.54) is 17.0 Å². The van der Waals surface area contributed by atoms with Crippen molar-refractivity contribution >= 4 is 22.6 Å². The number of carbonyl (C=O) groups excluding carboxylic acids is 1. The Bertz CT molecular complexity index is 1080. The quantitative estimate of drug-likeness (QED) is 0.144. The second-order valence-corrected chi connectivity index (χ2v) is 7.43. The number of amides is 1. The lowest BCUT2D eigenvalue weighted by atomic mass is 10.1. The zero-order valence-electron chi connectivity index (χ0n) is 18.4. The molecule has 1 aliphatic heterocycles. The predicted octanol–water partition coefficient (Wildman–Crippen LogP) is 2.34. The number of nitrogens with zero attached hydrogens (tertiary/aromatic N) is 4. The van der Waals surface area contributed by atoms with Crippen molar-refractivity contribution in [3.8, 4) is 0 Å². The average molecular weight is 481 g/mol. The molecule has 0 atom stereocenters. The fraction of sp³-hybridized carbons (Fsp3) is 0.524. The van der Waals surface area contributed by atoms with Crippen LogP contribution >= 0.6 is 0 Å². The number of alkyl halides is 2. The summed E-state index contributed by atoms with van der Waals surface area (Å²) >= 11 is 0. The largest absolute Gasteiger partial charge is 0.422 e. The molecule has 11 nitrogen and oxygen atoms in total. The minimum Gasteiger partial charge on any atom is -0.422 e. The number of halogens is 2. The molecule has 1 N–H and O–H groups in total. The number of rotatable bonds is 14. The summed E-state index contributed by atoms with van der Waals surface area (Å²) in [6.45, 7) is 1.66. The van der Waals surface area contributed by atoms with Crippen LogP contribution in [0.3, 0.4) is 0 Å². The Morgan fingerprint density at radius 3 is 2.47 bits per heavy atom. The molecule has 0 bridgehead atoms. The number of nitrogens with one attached hydrogen (secondary N) is 1. The molecule has 1 saturated heterocycles. The van der Waals surface area contributed by atoms with E-state index in [2.05, 4.69) is 15.3 Å². The SMILES string of the molecule is [N-]=[N+]=NCCOCCOCCOCCNC(=O)c1cc2ccc(N3CC(F)(F)C3)cc2oc1=O. The lowest BCUT2D eigenvalue weighted by Crippen LogP contribution is -2.56. The zero-order chi connectivity index (χ0) is 24.4. The number of carbonyl (C=O) groups is 1. The van der Waals surface area contributed by atoms with Crippen LogP contribution in [0.5, 0.6) is 0 Å². The molecule has 1 aliphatic rings. The number of hydrogen-bond donors (Lipinski definition) is 1. The molecule has 184 valence electrons. The predicted molar refractivity (Wildman–Crippen MR) is 118 cm³/mol. The van der Waals surface area contributed by atoms with E-state index in [1.807, 2.05) is 0 Å². The Morgan fingerprint density at radius 1 is 1.12 bits per heavy atom. The summed E-state index contributed by atoms with van der Waals surface area (Å²) in [6, 6.07) is 6.19. The van der Waals surface area contributed by atoms with Gasteiger partial charge in [-0.25, -0.2) is 13.6 Å². The van der Waals surface area contributed by atoms with Crippen molar-refractivity contribution in [3.05, 3.63) is 50.7 Å². The first-order chi connectivity index (χ1) is 16.4. The van der Waals surface area contributed by atoms with E-state index in [-0.39, 0.29) is 43.9 Å². The number of azide groups is 1. The lowest BCUT2D eigenvalue weighted by molar-refractivity contribution is -0.0262. The van der Waals surface area contributed by atoms with Gasteiger partial charge in [0.15, 0.2) is 0 Å². The summed E-state index contributed by atoms with van der Waals surface area (Å²) in [7, 11) is 0. The molecule has 0 unspecified atom stereocenters. The lowest BCUT2D eigenvalue weighted by Gasteiger charge is -2.40. The standard InChI is InChI=1S/C21H25F2N5O6/c22-21(23)13-28(14-21)16-2-1-15-11-17(20(30)34-18(15)12-16)19(29)25-3-5-31-7-9-33-10-8-32-6-4-26-27-24/h1-2,11-12H,3-10,13-14H2,(H,25,29). The van der Waals surface area contributed by atoms with Crippen molar-refractivity contribution in [2.24, 2.45) is 5.11 Å². The van der Waals surface area contributed by atoms with Gasteiger partial charge < -0.3 is 28.8 Å². The van der Waals surface area contributed by atoms with Gasteiger partial charge in [-0.3, -0.25) is 4.79 Å². The Hall–Kier alpha value is -3.25. The number of hydrogen-bond acceptors (Lipinski definition) is 8. The molecule has 2 heterocycles. The minimum atomic E-state index is -2.71. The maximum atomic E-state index is 13.1. The molecule has 1 aromatic carbocycles. The van der Waals surface area contributed by atoms with Crippen molar-refractivity contribution in [2.75, 3.05) is 70.7 Å². The molecule has 3 rings (SSSR count). The van der Waals surface area contributed by atoms with Crippen LogP contribution in [0.2, 0.25) is 0 Å². The maximum absolute atomic E-state index is 13.1. The molecule has 34 heavy (non-hydrogen) atoms. The van der Waals surface area contributed by atoms with Crippen molar-refractivity contribution < 1.29 is 32.2 Å². The van der Waals surface area contributed by atoms with Crippen molar-refractivity contribution in [3.63, 3.8) is 0 Å². The van der Waals surface area contributed by atoms with E-state index >= 15 is 0 Å². The second kappa shape index (κ2) is 12.3. The maximum Gasteiger partial charge on any atom is 0.349 e. The summed E-state index contributed by atoms with van der Waals surface area (Å²) in [5.74, 6) is -3.31. The molecule has 0 aliphatic carbocycles. The number of anilines is 1. The van der Waals surface area contributed by atoms with Crippen LogP contribution in [0.4, 0.5) is 14.5 Å². The van der Waals surface area contributed by atoms with E-state index in [4.69, 9.17) is 24.2 Å². The van der Waals surface area contributed by atoms with Crippen LogP contribution in [0.15, 0.2) is 38.6 Å². The minimum absolute atomic E-state index is 0.153. The molecule has 13 heteroatoms. The van der Waals surface area contributed by atoms with E-state index in [9.17, 15) is 18.4 Å². The normalized spacial score (nSPS) is 14.5. The number of fused-ring (bicyclic) bond motifs is 1. The molecule has 1 aromatic heterocycles. The molecule has 1 fully saturated rings. The fourth-order valence-electron chi connectivity index (χ4n) is 3.17. The highest BCUT2D eigenvalue weighted by molar-refractivity contribution is 5.97. The third-order valence-corrected chi connectivity index (χ3v) is 4.85. The van der Waals surface area contributed by atoms with Crippen LogP contribution < -0.4 is 15.8 Å². The van der Waals surface area contributed by atoms with Gasteiger partial charge in [-0.1, -0.05) is 5.11 Å². The summed E-state index contributed by atoms with van der Waals surface area (Å²) in [5, 5.41) is 6.43. The second-order valence-electron chi connectivity index (χ2n) is 7.43. The summed E-state index contributed by atoms with van der Waals surface area (Å²) in [6.07, 6.45) is 0. The van der Waals surface area contributed by atoms with Crippen LogP contribution in [0, 0.1) is 0 Å². The van der Waals surface area contributed by atoms with Gasteiger partial charge in [-0.05, 0) is 23.7 Å². The topological polar surface area (TPSA) is 139 Å². The summed E-state index contributed by atoms with van der Waals surface area (Å²) < 4.78 is 47.2. The molecular formula is C21H25F2N5O6. The van der Waals surface area contributed by atoms with Crippen molar-refractivity contribution in [1.29, 1.82) is 0 Å². The van der Waals surface area contributed by atoms with Gasteiger partial charge in [0, 0.05) is 35.1 Å². The summed E-state index contributed by atoms with van der Waals surface area (Å²) in [5.41, 5.74) is 7.90. The van der Waals surface area contributed by atoms with Crippen LogP contribution in [-0.4, -0.2) is 77.7 Å². The smallest absolute Gasteiger partial charge is 0.349 e. The Labute approximate surface area is 193 Å². The zero-order valence-corrected chi connectivity index (χ0v) is 18.4. The molecule has 0 saturated carbocycles. The first-order valence-electron chi connectivity index (χ1n) is 10.6. The molecular weight excluding hydrogens is 456 g/mol. The third kappa shape index (κ3) is 7.39. The highest BCUT2D eigenvalue weighted by Crippen LogP contribution is 2.33. The fourth-order valence-corrected chi connectivity index (χ4v) is 3.17. The first kappa shape index (κ1) is 25.4. The molecule has 0 spiro atoms. The van der Waals surface area contributed by atoms with Crippen molar-refractivity contribution in [1.82, 2.24) is 5.32 Å². The van der Waals surface area contributed by atoms with Gasteiger partial charge in [0.05, 0.1) is 52.7 Å². The highest BCUT2D eigenvalue weighted by atomic mass is 19.3. The summed E-state index contributed by atoms with van der Waals surface area (Å²) in [4.78, 5) is 28.7. The van der Waals surface area contributed by atoms with Crippen molar-refractivity contribution in [2.45, 2.75) is 5.92 Å². The number of benzene rings is 1. The van der Waals surface area contributed by atoms with Crippen LogP contribution in [0.25, 0.3) is 21.4 Å². The molecule has 0 radical (unpaired) electrons. The van der Waals surface area contributed by atoms with Crippen LogP contribution in [0.1, 0.15) is 10.4 Å². The van der Waals surface area contributed by atoms with Gasteiger partial charge in [0.25, 0.3) is 11.8 Å². The van der Waals surface area contributed by atoms with Gasteiger partial charge >= 0.3 is 5.63 Å². The Balaban J connectivity index is 1.35. The number of ether oxygens (including phenoxy) is 3. The van der Waals surface area contributed by atoms with E-state index < -0.39 is 17.5 Å². The van der Waals surface area contributed by atoms with Gasteiger partial charge in [0.2, 0.25) is 0 Å². The van der Waals surface area contributed by atoms with Gasteiger partial charge in [0.1, 0.15) is 11.1 Å².